The van der Waals surface area contributed by atoms with Crippen LogP contribution in [0.1, 0.15) is 235 Å². The maximum atomic E-state index is 15.5. The number of hydrogen-bond donors (Lipinski definition) is 2. The smallest absolute Gasteiger partial charge is 0.391 e. The number of ether oxygens (including phenoxy) is 1. The van der Waals surface area contributed by atoms with Crippen LogP contribution in [0.3, 0.4) is 0 Å². The van der Waals surface area contributed by atoms with Crippen LogP contribution in [-0.4, -0.2) is 22.4 Å². The van der Waals surface area contributed by atoms with Gasteiger partial charge in [0.2, 0.25) is 0 Å². The van der Waals surface area contributed by atoms with E-state index in [1.165, 1.54) is 81.8 Å². The number of carbonyl (C=O) groups is 1. The summed E-state index contributed by atoms with van der Waals surface area (Å²) in [5.74, 6) is 0.131. The van der Waals surface area contributed by atoms with Gasteiger partial charge in [-0.3, -0.25) is 0 Å². The molecule has 0 atom stereocenters. The van der Waals surface area contributed by atoms with E-state index in [2.05, 4.69) is 128 Å². The standard InChI is InChI=1S/C54H83O5P/c1-16-17-18-19-20-21-22-23-24-25-26-27-28-29-30-58-50(55)46-44-42-38(31-36(2)33-40(42)51(4,5)6)35-39-32-37(3)34-41(52(7,8)9)43(39)45(46)48(54(13,14)15)49(59-60(56)57)47(44)53(10,11)12/h31-34,56-57H,16-30,35H2,1-15H3. The molecule has 0 aliphatic heterocycles. The molecule has 0 fully saturated rings. The fourth-order valence-corrected chi connectivity index (χ4v) is 9.90. The highest BCUT2D eigenvalue weighted by Crippen LogP contribution is 2.58. The SMILES string of the molecule is CCCCCCCCCCCCCCCCOC(=O)c1c2c(C(C)(C)C)c(OP(O)O)c(C(C)(C)C)c1-c1c(cc(C)cc1C(C)(C)C)Cc1cc(C)cc(C(C)(C)C)c1-2. The van der Waals surface area contributed by atoms with Crippen molar-refractivity contribution in [3.63, 3.8) is 0 Å². The number of hydrogen-bond acceptors (Lipinski definition) is 5. The highest BCUT2D eigenvalue weighted by Gasteiger charge is 2.43. The first kappa shape index (κ1) is 49.9. The first-order valence-electron chi connectivity index (χ1n) is 23.5. The minimum atomic E-state index is -2.80. The predicted molar refractivity (Wildman–Crippen MR) is 257 cm³/mol. The molecule has 60 heavy (non-hydrogen) atoms. The molecular formula is C54H83O5P. The topological polar surface area (TPSA) is 76.0 Å². The zero-order valence-electron chi connectivity index (χ0n) is 40.7. The summed E-state index contributed by atoms with van der Waals surface area (Å²) in [5.41, 5.74) is 11.0. The minimum absolute atomic E-state index is 0.281. The molecular weight excluding hydrogens is 760 g/mol. The molecule has 1 aliphatic rings. The fourth-order valence-electron chi connectivity index (χ4n) is 9.55. The van der Waals surface area contributed by atoms with E-state index in [0.717, 1.165) is 74.9 Å². The maximum absolute atomic E-state index is 15.5. The van der Waals surface area contributed by atoms with Crippen molar-refractivity contribution in [3.05, 3.63) is 74.3 Å². The Kier molecular flexibility index (Phi) is 17.2. The van der Waals surface area contributed by atoms with Crippen LogP contribution in [0.2, 0.25) is 0 Å². The molecule has 0 saturated carbocycles. The number of rotatable bonds is 18. The molecule has 2 N–H and O–H groups in total. The van der Waals surface area contributed by atoms with Crippen molar-refractivity contribution in [2.24, 2.45) is 0 Å². The van der Waals surface area contributed by atoms with Crippen LogP contribution >= 0.6 is 8.60 Å². The lowest BCUT2D eigenvalue weighted by Crippen LogP contribution is -2.28. The van der Waals surface area contributed by atoms with Crippen LogP contribution in [0.4, 0.5) is 0 Å². The largest absolute Gasteiger partial charge is 0.462 e. The molecule has 3 aromatic rings. The third-order valence-corrected chi connectivity index (χ3v) is 12.6. The molecule has 6 heteroatoms. The van der Waals surface area contributed by atoms with Gasteiger partial charge in [-0.25, -0.2) is 4.79 Å². The molecule has 4 rings (SSSR count). The van der Waals surface area contributed by atoms with Crippen molar-refractivity contribution in [2.75, 3.05) is 6.61 Å². The van der Waals surface area contributed by atoms with Gasteiger partial charge in [0.25, 0.3) is 0 Å². The van der Waals surface area contributed by atoms with E-state index in [1.807, 2.05) is 0 Å². The van der Waals surface area contributed by atoms with Crippen LogP contribution in [0.5, 0.6) is 5.75 Å². The van der Waals surface area contributed by atoms with Gasteiger partial charge in [0.05, 0.1) is 12.2 Å². The van der Waals surface area contributed by atoms with Crippen LogP contribution in [0, 0.1) is 13.8 Å². The average Bonchev–Trinajstić information content (AvgIpc) is 3.09. The van der Waals surface area contributed by atoms with Gasteiger partial charge in [0.15, 0.2) is 0 Å². The van der Waals surface area contributed by atoms with E-state index in [9.17, 15) is 9.79 Å². The van der Waals surface area contributed by atoms with E-state index in [1.54, 1.807) is 0 Å². The van der Waals surface area contributed by atoms with Crippen molar-refractivity contribution in [1.82, 2.24) is 0 Å². The average molecular weight is 843 g/mol. The number of unbranched alkanes of at least 4 members (excludes halogenated alkanes) is 13. The predicted octanol–water partition coefficient (Wildman–Crippen LogP) is 16.0. The Morgan fingerprint density at radius 2 is 0.917 bits per heavy atom. The monoisotopic (exact) mass is 843 g/mol. The van der Waals surface area contributed by atoms with E-state index in [4.69, 9.17) is 9.26 Å². The van der Waals surface area contributed by atoms with Crippen LogP contribution < -0.4 is 4.52 Å². The number of carbonyl (C=O) groups excluding carboxylic acids is 1. The maximum Gasteiger partial charge on any atom is 0.391 e. The van der Waals surface area contributed by atoms with Crippen molar-refractivity contribution in [3.8, 4) is 28.0 Å². The summed E-state index contributed by atoms with van der Waals surface area (Å²) in [6.07, 6.45) is 18.4. The third kappa shape index (κ3) is 12.5. The Morgan fingerprint density at radius 1 is 0.550 bits per heavy atom. The number of fused-ring (bicyclic) bond motifs is 6. The number of benzene rings is 3. The Bertz CT molecular complexity index is 1820. The normalized spacial score (nSPS) is 13.2. The molecule has 0 amide bonds. The second-order valence-electron chi connectivity index (χ2n) is 22.2. The van der Waals surface area contributed by atoms with Gasteiger partial charge < -0.3 is 19.0 Å². The van der Waals surface area contributed by atoms with Crippen molar-refractivity contribution < 1.29 is 23.8 Å². The minimum Gasteiger partial charge on any atom is -0.462 e. The fraction of sp³-hybridized carbons (Fsp3) is 0.648. The third-order valence-electron chi connectivity index (χ3n) is 12.3. The molecule has 0 aromatic heterocycles. The molecule has 0 saturated heterocycles. The van der Waals surface area contributed by atoms with Crippen LogP contribution in [-0.2, 0) is 32.8 Å². The zero-order chi connectivity index (χ0) is 44.8. The molecule has 2 bridgehead atoms. The van der Waals surface area contributed by atoms with Crippen LogP contribution in [0.15, 0.2) is 24.3 Å². The summed E-state index contributed by atoms with van der Waals surface area (Å²) in [5, 5.41) is 0. The molecule has 5 nitrogen and oxygen atoms in total. The van der Waals surface area contributed by atoms with Crippen molar-refractivity contribution in [2.45, 2.75) is 222 Å². The summed E-state index contributed by atoms with van der Waals surface area (Å²) >= 11 is 0. The summed E-state index contributed by atoms with van der Waals surface area (Å²) in [4.78, 5) is 37.1. The zero-order valence-corrected chi connectivity index (χ0v) is 41.6. The van der Waals surface area contributed by atoms with Crippen molar-refractivity contribution in [1.29, 1.82) is 0 Å². The summed E-state index contributed by atoms with van der Waals surface area (Å²) in [6, 6.07) is 9.13. The molecule has 0 radical (unpaired) electrons. The number of esters is 1. The number of aryl methyl sites for hydroxylation is 2. The lowest BCUT2D eigenvalue weighted by Gasteiger charge is -2.40. The Hall–Kier alpha value is -2.72. The van der Waals surface area contributed by atoms with E-state index in [-0.39, 0.29) is 16.8 Å². The Morgan fingerprint density at radius 3 is 1.25 bits per heavy atom. The molecule has 0 spiro atoms. The Balaban J connectivity index is 1.91. The summed E-state index contributed by atoms with van der Waals surface area (Å²) in [7, 11) is -2.80. The first-order valence-corrected chi connectivity index (χ1v) is 24.6. The van der Waals surface area contributed by atoms with Gasteiger partial charge in [-0.15, -0.1) is 0 Å². The van der Waals surface area contributed by atoms with Gasteiger partial charge in [0.1, 0.15) is 5.75 Å². The quantitative estimate of drug-likeness (QED) is 0.0593. The van der Waals surface area contributed by atoms with Gasteiger partial charge in [-0.1, -0.05) is 209 Å². The lowest BCUT2D eigenvalue weighted by atomic mass is 9.65. The van der Waals surface area contributed by atoms with Gasteiger partial charge in [-0.2, -0.15) is 0 Å². The van der Waals surface area contributed by atoms with Gasteiger partial charge in [-0.05, 0) is 81.7 Å². The van der Waals surface area contributed by atoms with Gasteiger partial charge >= 0.3 is 14.6 Å². The molecule has 334 valence electrons. The second-order valence-corrected chi connectivity index (χ2v) is 22.8. The highest BCUT2D eigenvalue weighted by atomic mass is 31.2. The first-order chi connectivity index (χ1) is 27.9. The molecule has 0 unspecified atom stereocenters. The summed E-state index contributed by atoms with van der Waals surface area (Å²) in [6.45, 7) is 33.2. The summed E-state index contributed by atoms with van der Waals surface area (Å²) < 4.78 is 12.9. The Labute approximate surface area is 367 Å². The van der Waals surface area contributed by atoms with Crippen LogP contribution in [0.25, 0.3) is 22.3 Å². The molecule has 3 aromatic carbocycles. The lowest BCUT2D eigenvalue weighted by molar-refractivity contribution is 0.0499. The van der Waals surface area contributed by atoms with E-state index >= 15 is 4.79 Å². The van der Waals surface area contributed by atoms with Crippen molar-refractivity contribution >= 4 is 14.6 Å². The molecule has 1 aliphatic carbocycles. The van der Waals surface area contributed by atoms with E-state index in [0.29, 0.717) is 24.3 Å². The second kappa shape index (κ2) is 20.6. The van der Waals surface area contributed by atoms with E-state index < -0.39 is 19.4 Å². The molecule has 0 heterocycles. The highest BCUT2D eigenvalue weighted by molar-refractivity contribution is 7.39. The van der Waals surface area contributed by atoms with Gasteiger partial charge in [0, 0.05) is 22.3 Å².